The lowest BCUT2D eigenvalue weighted by Crippen LogP contribution is -2.42. The number of urea groups is 1. The Kier molecular flexibility index (Phi) is 7.18. The summed E-state index contributed by atoms with van der Waals surface area (Å²) in [4.78, 5) is 46.5. The van der Waals surface area contributed by atoms with Crippen LogP contribution in [-0.4, -0.2) is 40.7 Å². The molecule has 156 valence electrons. The van der Waals surface area contributed by atoms with Gasteiger partial charge >= 0.3 is 17.6 Å². The minimum absolute atomic E-state index is 0.0547. The standard InChI is InChI=1S/C19H23N3O7/c1-10-12-6-5-11(23)8-15(12)29-18(27)13(10)9-16(24)22-14(17(25)26)4-2-3-7-21-19(20)28/h5-6,8,14,23H,2-4,7,9H2,1H3,(H,22,24)(H,25,26)(H3,20,21,28)/t14-/m0/s1. The Hall–Kier alpha value is -3.56. The topological polar surface area (TPSA) is 172 Å². The number of hydrogen-bond donors (Lipinski definition) is 5. The third kappa shape index (κ3) is 5.96. The number of aliphatic carboxylic acids is 1. The Morgan fingerprint density at radius 1 is 1.24 bits per heavy atom. The van der Waals surface area contributed by atoms with Crippen molar-refractivity contribution in [3.05, 3.63) is 39.7 Å². The highest BCUT2D eigenvalue weighted by Crippen LogP contribution is 2.23. The van der Waals surface area contributed by atoms with Gasteiger partial charge in [-0.15, -0.1) is 0 Å². The van der Waals surface area contributed by atoms with E-state index in [-0.39, 0.29) is 29.7 Å². The molecular weight excluding hydrogens is 382 g/mol. The molecule has 0 fully saturated rings. The number of nitrogens with one attached hydrogen (secondary N) is 2. The Morgan fingerprint density at radius 2 is 1.97 bits per heavy atom. The molecule has 0 aliphatic carbocycles. The first-order valence-corrected chi connectivity index (χ1v) is 8.99. The lowest BCUT2D eigenvalue weighted by Gasteiger charge is -2.15. The molecule has 0 aliphatic rings. The van der Waals surface area contributed by atoms with Crippen molar-refractivity contribution in [1.29, 1.82) is 0 Å². The van der Waals surface area contributed by atoms with E-state index in [9.17, 15) is 29.4 Å². The van der Waals surface area contributed by atoms with E-state index < -0.39 is 29.6 Å². The number of nitrogens with two attached hydrogens (primary N) is 1. The van der Waals surface area contributed by atoms with Gasteiger partial charge in [-0.05, 0) is 43.9 Å². The quantitative estimate of drug-likeness (QED) is 0.302. The largest absolute Gasteiger partial charge is 0.508 e. The highest BCUT2D eigenvalue weighted by molar-refractivity contribution is 5.87. The number of hydrogen-bond acceptors (Lipinski definition) is 6. The van der Waals surface area contributed by atoms with Gasteiger partial charge in [0.1, 0.15) is 17.4 Å². The molecule has 0 radical (unpaired) electrons. The first-order valence-electron chi connectivity index (χ1n) is 8.99. The number of amides is 3. The maximum atomic E-state index is 12.3. The number of aryl methyl sites for hydroxylation is 1. The van der Waals surface area contributed by atoms with Crippen LogP contribution in [0.25, 0.3) is 11.0 Å². The van der Waals surface area contributed by atoms with E-state index >= 15 is 0 Å². The predicted octanol–water partition coefficient (Wildman–Crippen LogP) is 0.758. The van der Waals surface area contributed by atoms with Gasteiger partial charge in [-0.2, -0.15) is 0 Å². The van der Waals surface area contributed by atoms with E-state index in [0.29, 0.717) is 30.3 Å². The minimum Gasteiger partial charge on any atom is -0.508 e. The lowest BCUT2D eigenvalue weighted by atomic mass is 10.0. The summed E-state index contributed by atoms with van der Waals surface area (Å²) in [7, 11) is 0. The number of rotatable bonds is 9. The van der Waals surface area contributed by atoms with E-state index in [2.05, 4.69) is 10.6 Å². The fourth-order valence-electron chi connectivity index (χ4n) is 2.94. The van der Waals surface area contributed by atoms with Gasteiger partial charge in [-0.25, -0.2) is 14.4 Å². The van der Waals surface area contributed by atoms with Crippen LogP contribution in [0.5, 0.6) is 5.75 Å². The molecule has 10 heteroatoms. The van der Waals surface area contributed by atoms with Crippen molar-refractivity contribution in [2.45, 2.75) is 38.6 Å². The normalized spacial score (nSPS) is 11.8. The highest BCUT2D eigenvalue weighted by Gasteiger charge is 2.21. The van der Waals surface area contributed by atoms with Gasteiger partial charge in [-0.1, -0.05) is 0 Å². The average molecular weight is 405 g/mol. The molecule has 0 saturated heterocycles. The maximum absolute atomic E-state index is 12.3. The number of primary amides is 1. The van der Waals surface area contributed by atoms with Gasteiger partial charge in [0, 0.05) is 18.0 Å². The van der Waals surface area contributed by atoms with E-state index in [1.54, 1.807) is 13.0 Å². The summed E-state index contributed by atoms with van der Waals surface area (Å²) >= 11 is 0. The van der Waals surface area contributed by atoms with Crippen LogP contribution in [0.4, 0.5) is 4.79 Å². The Labute approximate surface area is 165 Å². The van der Waals surface area contributed by atoms with Crippen LogP contribution < -0.4 is 22.0 Å². The van der Waals surface area contributed by atoms with Gasteiger partial charge in [0.25, 0.3) is 0 Å². The van der Waals surface area contributed by atoms with Crippen molar-refractivity contribution < 1.29 is 29.0 Å². The first-order chi connectivity index (χ1) is 13.7. The third-order valence-corrected chi connectivity index (χ3v) is 4.46. The first kappa shape index (κ1) is 21.7. The number of fused-ring (bicyclic) bond motifs is 1. The van der Waals surface area contributed by atoms with Crippen LogP contribution in [0, 0.1) is 6.92 Å². The summed E-state index contributed by atoms with van der Waals surface area (Å²) < 4.78 is 5.16. The Bertz CT molecular complexity index is 984. The van der Waals surface area contributed by atoms with Crippen molar-refractivity contribution in [3.63, 3.8) is 0 Å². The number of phenolic OH excluding ortho intramolecular Hbond substituents is 1. The molecule has 10 nitrogen and oxygen atoms in total. The molecule has 2 aromatic rings. The number of aromatic hydroxyl groups is 1. The second-order valence-electron chi connectivity index (χ2n) is 6.60. The zero-order valence-corrected chi connectivity index (χ0v) is 15.9. The molecule has 1 aromatic carbocycles. The number of carboxylic acids is 1. The molecule has 0 unspecified atom stereocenters. The van der Waals surface area contributed by atoms with Crippen LogP contribution in [0.2, 0.25) is 0 Å². The summed E-state index contributed by atoms with van der Waals surface area (Å²) in [6.07, 6.45) is 0.769. The lowest BCUT2D eigenvalue weighted by molar-refractivity contribution is -0.142. The van der Waals surface area contributed by atoms with Crippen LogP contribution in [-0.2, 0) is 16.0 Å². The van der Waals surface area contributed by atoms with Gasteiger partial charge in [0.2, 0.25) is 5.91 Å². The van der Waals surface area contributed by atoms with Crippen molar-refractivity contribution in [2.24, 2.45) is 5.73 Å². The summed E-state index contributed by atoms with van der Waals surface area (Å²) in [5.41, 5.74) is 5.06. The average Bonchev–Trinajstić information content (AvgIpc) is 2.63. The second kappa shape index (κ2) is 9.58. The molecule has 29 heavy (non-hydrogen) atoms. The summed E-state index contributed by atoms with van der Waals surface area (Å²) in [5, 5.41) is 24.2. The smallest absolute Gasteiger partial charge is 0.340 e. The number of unbranched alkanes of at least 4 members (excludes halogenated alkanes) is 1. The predicted molar refractivity (Wildman–Crippen MR) is 104 cm³/mol. The zero-order chi connectivity index (χ0) is 21.6. The van der Waals surface area contributed by atoms with Crippen LogP contribution >= 0.6 is 0 Å². The van der Waals surface area contributed by atoms with E-state index in [4.69, 9.17) is 10.2 Å². The van der Waals surface area contributed by atoms with E-state index in [1.165, 1.54) is 12.1 Å². The maximum Gasteiger partial charge on any atom is 0.340 e. The molecule has 1 aromatic heterocycles. The summed E-state index contributed by atoms with van der Waals surface area (Å²) in [6, 6.07) is 2.53. The van der Waals surface area contributed by atoms with Crippen molar-refractivity contribution in [2.75, 3.05) is 6.54 Å². The number of phenols is 1. The van der Waals surface area contributed by atoms with Crippen LogP contribution in [0.1, 0.15) is 30.4 Å². The zero-order valence-electron chi connectivity index (χ0n) is 15.9. The van der Waals surface area contributed by atoms with Crippen LogP contribution in [0.3, 0.4) is 0 Å². The molecule has 3 amide bonds. The molecule has 1 heterocycles. The number of carbonyl (C=O) groups is 3. The molecule has 6 N–H and O–H groups in total. The molecule has 2 rings (SSSR count). The number of carbonyl (C=O) groups excluding carboxylic acids is 2. The highest BCUT2D eigenvalue weighted by atomic mass is 16.4. The molecule has 0 saturated carbocycles. The Balaban J connectivity index is 2.04. The molecular formula is C19H23N3O7. The van der Waals surface area contributed by atoms with Crippen molar-refractivity contribution in [1.82, 2.24) is 10.6 Å². The SMILES string of the molecule is Cc1c(CC(=O)N[C@@H](CCCCNC(N)=O)C(=O)O)c(=O)oc2cc(O)ccc12. The van der Waals surface area contributed by atoms with Gasteiger partial charge in [0.05, 0.1) is 12.0 Å². The number of benzene rings is 1. The van der Waals surface area contributed by atoms with Crippen LogP contribution in [0.15, 0.2) is 27.4 Å². The summed E-state index contributed by atoms with van der Waals surface area (Å²) in [6.45, 7) is 1.96. The van der Waals surface area contributed by atoms with Gasteiger partial charge in [-0.3, -0.25) is 4.79 Å². The fraction of sp³-hybridized carbons (Fsp3) is 0.368. The third-order valence-electron chi connectivity index (χ3n) is 4.46. The molecule has 0 spiro atoms. The molecule has 0 bridgehead atoms. The number of carboxylic acid groups (broad SMARTS) is 1. The molecule has 1 atom stereocenters. The van der Waals surface area contributed by atoms with Crippen molar-refractivity contribution in [3.8, 4) is 5.75 Å². The molecule has 0 aliphatic heterocycles. The Morgan fingerprint density at radius 3 is 2.62 bits per heavy atom. The van der Waals surface area contributed by atoms with E-state index in [1.807, 2.05) is 0 Å². The van der Waals surface area contributed by atoms with Crippen molar-refractivity contribution >= 4 is 28.9 Å². The van der Waals surface area contributed by atoms with E-state index in [0.717, 1.165) is 0 Å². The fourth-order valence-corrected chi connectivity index (χ4v) is 2.94. The van der Waals surface area contributed by atoms with Gasteiger partial charge < -0.3 is 31.0 Å². The monoisotopic (exact) mass is 405 g/mol. The summed E-state index contributed by atoms with van der Waals surface area (Å²) in [5.74, 6) is -1.87. The van der Waals surface area contributed by atoms with Gasteiger partial charge in [0.15, 0.2) is 0 Å². The second-order valence-corrected chi connectivity index (χ2v) is 6.60. The minimum atomic E-state index is -1.20.